The Morgan fingerprint density at radius 1 is 1.27 bits per heavy atom. The normalized spacial score (nSPS) is 20.8. The molecule has 1 saturated heterocycles. The van der Waals surface area contributed by atoms with Crippen molar-refractivity contribution in [3.05, 3.63) is 29.8 Å². The van der Waals surface area contributed by atoms with E-state index in [0.717, 1.165) is 5.69 Å². The third kappa shape index (κ3) is 5.02. The predicted octanol–water partition coefficient (Wildman–Crippen LogP) is 2.84. The molecule has 0 radical (unpaired) electrons. The predicted molar refractivity (Wildman–Crippen MR) is 93.3 cm³/mol. The number of amides is 1. The number of carbonyl (C=O) groups is 1. The number of anilines is 1. The van der Waals surface area contributed by atoms with Gasteiger partial charge in [0.15, 0.2) is 9.84 Å². The molecule has 0 aromatic heterocycles. The van der Waals surface area contributed by atoms with Crippen LogP contribution in [0.5, 0.6) is 0 Å². The number of rotatable bonds is 4. The zero-order valence-corrected chi connectivity index (χ0v) is 14.9. The number of carbonyl (C=O) groups excluding carboxylic acids is 1. The van der Waals surface area contributed by atoms with Crippen molar-refractivity contribution in [2.24, 2.45) is 0 Å². The first kappa shape index (κ1) is 17.3. The molecule has 1 aliphatic rings. The van der Waals surface area contributed by atoms with Gasteiger partial charge in [0.1, 0.15) is 0 Å². The highest BCUT2D eigenvalue weighted by Gasteiger charge is 2.28. The van der Waals surface area contributed by atoms with Crippen molar-refractivity contribution in [1.82, 2.24) is 0 Å². The van der Waals surface area contributed by atoms with E-state index in [9.17, 15) is 13.2 Å². The van der Waals surface area contributed by atoms with Gasteiger partial charge in [0, 0.05) is 10.9 Å². The molecule has 0 aliphatic carbocycles. The summed E-state index contributed by atoms with van der Waals surface area (Å²) in [5, 5.41) is 2.91. The van der Waals surface area contributed by atoms with Crippen LogP contribution in [0.1, 0.15) is 32.8 Å². The van der Waals surface area contributed by atoms with E-state index in [0.29, 0.717) is 12.2 Å². The second-order valence-corrected chi connectivity index (χ2v) is 10.2. The lowest BCUT2D eigenvalue weighted by atomic mass is 9.87. The van der Waals surface area contributed by atoms with E-state index in [2.05, 4.69) is 26.1 Å². The number of sulfone groups is 1. The van der Waals surface area contributed by atoms with Crippen LogP contribution < -0.4 is 5.32 Å². The van der Waals surface area contributed by atoms with Crippen molar-refractivity contribution in [2.45, 2.75) is 37.9 Å². The second-order valence-electron chi connectivity index (χ2n) is 6.71. The summed E-state index contributed by atoms with van der Waals surface area (Å²) in [6.45, 7) is 6.44. The summed E-state index contributed by atoms with van der Waals surface area (Å²) < 4.78 is 22.8. The maximum atomic E-state index is 11.9. The topological polar surface area (TPSA) is 63.2 Å². The lowest BCUT2D eigenvalue weighted by Gasteiger charge is -2.19. The minimum Gasteiger partial charge on any atom is -0.325 e. The highest BCUT2D eigenvalue weighted by molar-refractivity contribution is 8.02. The fourth-order valence-electron chi connectivity index (χ4n) is 2.34. The fraction of sp³-hybridized carbons (Fsp3) is 0.562. The highest BCUT2D eigenvalue weighted by Crippen LogP contribution is 2.25. The van der Waals surface area contributed by atoms with Crippen molar-refractivity contribution in [3.8, 4) is 0 Å². The SMILES string of the molecule is CC(C)(C)c1ccc(NC(=O)CS[C@@H]2CCS(=O)(=O)C2)cc1. The zero-order chi connectivity index (χ0) is 16.4. The summed E-state index contributed by atoms with van der Waals surface area (Å²) in [6.07, 6.45) is 0.653. The van der Waals surface area contributed by atoms with Gasteiger partial charge in [-0.25, -0.2) is 8.42 Å². The van der Waals surface area contributed by atoms with Crippen molar-refractivity contribution in [2.75, 3.05) is 22.6 Å². The van der Waals surface area contributed by atoms with Gasteiger partial charge in [0.2, 0.25) is 5.91 Å². The second kappa shape index (κ2) is 6.62. The maximum Gasteiger partial charge on any atom is 0.234 e. The van der Waals surface area contributed by atoms with Crippen LogP contribution in [0.4, 0.5) is 5.69 Å². The molecule has 1 aromatic rings. The van der Waals surface area contributed by atoms with E-state index in [1.54, 1.807) is 0 Å². The van der Waals surface area contributed by atoms with Gasteiger partial charge in [0.05, 0.1) is 17.3 Å². The van der Waals surface area contributed by atoms with Crippen LogP contribution >= 0.6 is 11.8 Å². The molecule has 6 heteroatoms. The summed E-state index contributed by atoms with van der Waals surface area (Å²) in [5.74, 6) is 0.658. The van der Waals surface area contributed by atoms with Crippen molar-refractivity contribution in [1.29, 1.82) is 0 Å². The Morgan fingerprint density at radius 3 is 2.41 bits per heavy atom. The summed E-state index contributed by atoms with van der Waals surface area (Å²) in [7, 11) is -2.87. The Kier molecular flexibility index (Phi) is 5.22. The maximum absolute atomic E-state index is 11.9. The molecule has 1 fully saturated rings. The minimum absolute atomic E-state index is 0.0546. The number of hydrogen-bond acceptors (Lipinski definition) is 4. The molecule has 4 nitrogen and oxygen atoms in total. The lowest BCUT2D eigenvalue weighted by Crippen LogP contribution is -2.17. The molecule has 0 saturated carbocycles. The van der Waals surface area contributed by atoms with E-state index >= 15 is 0 Å². The van der Waals surface area contributed by atoms with Crippen LogP contribution in [0.3, 0.4) is 0 Å². The molecular formula is C16H23NO3S2. The van der Waals surface area contributed by atoms with Crippen molar-refractivity contribution < 1.29 is 13.2 Å². The zero-order valence-electron chi connectivity index (χ0n) is 13.3. The average molecular weight is 341 g/mol. The molecule has 0 bridgehead atoms. The van der Waals surface area contributed by atoms with Crippen LogP contribution in [-0.2, 0) is 20.0 Å². The number of benzene rings is 1. The van der Waals surface area contributed by atoms with Gasteiger partial charge < -0.3 is 5.32 Å². The van der Waals surface area contributed by atoms with Gasteiger partial charge in [-0.05, 0) is 29.5 Å². The van der Waals surface area contributed by atoms with Gasteiger partial charge >= 0.3 is 0 Å². The molecule has 1 amide bonds. The van der Waals surface area contributed by atoms with Crippen LogP contribution in [-0.4, -0.2) is 36.8 Å². The molecule has 0 spiro atoms. The van der Waals surface area contributed by atoms with E-state index in [1.165, 1.54) is 17.3 Å². The molecule has 1 heterocycles. The summed E-state index contributed by atoms with van der Waals surface area (Å²) in [5.41, 5.74) is 2.08. The van der Waals surface area contributed by atoms with Crippen molar-refractivity contribution >= 4 is 33.2 Å². The highest BCUT2D eigenvalue weighted by atomic mass is 32.2. The Labute approximate surface area is 137 Å². The third-order valence-corrected chi connectivity index (χ3v) is 6.96. The number of thioether (sulfide) groups is 1. The molecule has 1 atom stereocenters. The Hall–Kier alpha value is -1.01. The summed E-state index contributed by atoms with van der Waals surface area (Å²) >= 11 is 1.43. The largest absolute Gasteiger partial charge is 0.325 e. The van der Waals surface area contributed by atoms with Gasteiger partial charge in [-0.15, -0.1) is 11.8 Å². The van der Waals surface area contributed by atoms with Crippen molar-refractivity contribution in [3.63, 3.8) is 0 Å². The van der Waals surface area contributed by atoms with Crippen LogP contribution in [0.25, 0.3) is 0 Å². The molecule has 22 heavy (non-hydrogen) atoms. The molecule has 1 aliphatic heterocycles. The quantitative estimate of drug-likeness (QED) is 0.915. The first-order valence-corrected chi connectivity index (χ1v) is 10.3. The standard InChI is InChI=1S/C16H23NO3S2/c1-16(2,3)12-4-6-13(7-5-12)17-15(18)10-21-14-8-9-22(19,20)11-14/h4-7,14H,8-11H2,1-3H3,(H,17,18)/t14-/m1/s1. The molecule has 2 rings (SSSR count). The van der Waals surface area contributed by atoms with Crippen LogP contribution in [0.15, 0.2) is 24.3 Å². The van der Waals surface area contributed by atoms with Crippen LogP contribution in [0, 0.1) is 0 Å². The number of hydrogen-bond donors (Lipinski definition) is 1. The number of nitrogens with one attached hydrogen (secondary N) is 1. The molecule has 1 aromatic carbocycles. The van der Waals surface area contributed by atoms with Crippen LogP contribution in [0.2, 0.25) is 0 Å². The van der Waals surface area contributed by atoms with E-state index in [-0.39, 0.29) is 28.1 Å². The van der Waals surface area contributed by atoms with Gasteiger partial charge in [-0.2, -0.15) is 0 Å². The first-order valence-electron chi connectivity index (χ1n) is 7.38. The Morgan fingerprint density at radius 2 is 1.91 bits per heavy atom. The van der Waals surface area contributed by atoms with E-state index in [1.807, 2.05) is 24.3 Å². The Balaban J connectivity index is 1.82. The molecular weight excluding hydrogens is 318 g/mol. The average Bonchev–Trinajstić information content (AvgIpc) is 2.76. The summed E-state index contributed by atoms with van der Waals surface area (Å²) in [6, 6.07) is 7.85. The van der Waals surface area contributed by atoms with Gasteiger partial charge in [-0.3, -0.25) is 4.79 Å². The van der Waals surface area contributed by atoms with Gasteiger partial charge in [-0.1, -0.05) is 32.9 Å². The molecule has 122 valence electrons. The first-order chi connectivity index (χ1) is 10.2. The smallest absolute Gasteiger partial charge is 0.234 e. The van der Waals surface area contributed by atoms with E-state index < -0.39 is 9.84 Å². The fourth-order valence-corrected chi connectivity index (χ4v) is 5.78. The summed E-state index contributed by atoms with van der Waals surface area (Å²) in [4.78, 5) is 11.9. The Bertz CT molecular complexity index is 630. The van der Waals surface area contributed by atoms with E-state index in [4.69, 9.17) is 0 Å². The third-order valence-electron chi connectivity index (χ3n) is 3.68. The molecule has 0 unspecified atom stereocenters. The minimum atomic E-state index is -2.87. The van der Waals surface area contributed by atoms with Gasteiger partial charge in [0.25, 0.3) is 0 Å². The molecule has 1 N–H and O–H groups in total. The monoisotopic (exact) mass is 341 g/mol. The lowest BCUT2D eigenvalue weighted by molar-refractivity contribution is -0.113.